The molecule has 1 fully saturated rings. The van der Waals surface area contributed by atoms with Gasteiger partial charge in [0.25, 0.3) is 10.0 Å². The summed E-state index contributed by atoms with van der Waals surface area (Å²) in [7, 11) is -3.48. The molecular formula is C13H23N3O2S2. The molecule has 5 nitrogen and oxygen atoms in total. The molecule has 0 unspecified atom stereocenters. The molecule has 0 saturated heterocycles. The Morgan fingerprint density at radius 3 is 2.45 bits per heavy atom. The van der Waals surface area contributed by atoms with Crippen molar-refractivity contribution in [2.24, 2.45) is 5.92 Å². The first-order valence-corrected chi connectivity index (χ1v) is 9.32. The van der Waals surface area contributed by atoms with E-state index in [2.05, 4.69) is 4.98 Å². The van der Waals surface area contributed by atoms with Crippen LogP contribution >= 0.6 is 11.3 Å². The molecule has 0 bridgehead atoms. The quantitative estimate of drug-likeness (QED) is 0.905. The molecule has 0 radical (unpaired) electrons. The van der Waals surface area contributed by atoms with E-state index in [1.165, 1.54) is 0 Å². The van der Waals surface area contributed by atoms with Gasteiger partial charge in [0.05, 0.1) is 5.69 Å². The summed E-state index contributed by atoms with van der Waals surface area (Å²) in [6.45, 7) is 6.36. The van der Waals surface area contributed by atoms with E-state index in [-0.39, 0.29) is 6.04 Å². The number of aromatic nitrogens is 1. The molecule has 1 aliphatic rings. The van der Waals surface area contributed by atoms with Crippen molar-refractivity contribution < 1.29 is 8.42 Å². The van der Waals surface area contributed by atoms with Crippen LogP contribution in [-0.4, -0.2) is 30.3 Å². The molecule has 7 heteroatoms. The monoisotopic (exact) mass is 317 g/mol. The van der Waals surface area contributed by atoms with Crippen molar-refractivity contribution >= 4 is 26.5 Å². The van der Waals surface area contributed by atoms with Gasteiger partial charge in [0.2, 0.25) is 0 Å². The SMILES string of the molecule is Cc1nc(N)sc1S(=O)(=O)N(CC(C)C)C1CCCC1. The van der Waals surface area contributed by atoms with Crippen LogP contribution in [0.4, 0.5) is 5.13 Å². The van der Waals surface area contributed by atoms with Crippen molar-refractivity contribution in [3.05, 3.63) is 5.69 Å². The Bertz CT molecular complexity index is 560. The molecule has 0 atom stereocenters. The molecule has 2 rings (SSSR count). The van der Waals surface area contributed by atoms with Gasteiger partial charge in [-0.1, -0.05) is 38.0 Å². The topological polar surface area (TPSA) is 76.3 Å². The van der Waals surface area contributed by atoms with Crippen molar-refractivity contribution in [3.63, 3.8) is 0 Å². The summed E-state index contributed by atoms with van der Waals surface area (Å²) in [6, 6.07) is 0.130. The van der Waals surface area contributed by atoms with E-state index in [1.807, 2.05) is 13.8 Å². The summed E-state index contributed by atoms with van der Waals surface area (Å²) in [5.41, 5.74) is 6.17. The number of nitrogens with zero attached hydrogens (tertiary/aromatic N) is 2. The lowest BCUT2D eigenvalue weighted by Crippen LogP contribution is -2.41. The van der Waals surface area contributed by atoms with E-state index in [0.717, 1.165) is 37.0 Å². The van der Waals surface area contributed by atoms with Crippen LogP contribution in [0.15, 0.2) is 4.21 Å². The van der Waals surface area contributed by atoms with Gasteiger partial charge in [0, 0.05) is 12.6 Å². The van der Waals surface area contributed by atoms with Gasteiger partial charge in [-0.2, -0.15) is 4.31 Å². The molecule has 0 aliphatic heterocycles. The number of thiazole rings is 1. The minimum atomic E-state index is -3.48. The average molecular weight is 317 g/mol. The summed E-state index contributed by atoms with van der Waals surface area (Å²) in [5, 5.41) is 0.317. The minimum absolute atomic E-state index is 0.130. The zero-order valence-corrected chi connectivity index (χ0v) is 13.9. The summed E-state index contributed by atoms with van der Waals surface area (Å²) < 4.78 is 27.9. The fourth-order valence-corrected chi connectivity index (χ4v) is 6.00. The normalized spacial score (nSPS) is 17.4. The zero-order chi connectivity index (χ0) is 14.9. The van der Waals surface area contributed by atoms with Crippen LogP contribution in [0.2, 0.25) is 0 Å². The predicted molar refractivity (Wildman–Crippen MR) is 82.2 cm³/mol. The minimum Gasteiger partial charge on any atom is -0.375 e. The molecule has 2 N–H and O–H groups in total. The third kappa shape index (κ3) is 3.15. The maximum absolute atomic E-state index is 12.9. The number of anilines is 1. The Balaban J connectivity index is 2.37. The predicted octanol–water partition coefficient (Wildman–Crippen LogP) is 2.62. The highest BCUT2D eigenvalue weighted by molar-refractivity contribution is 7.91. The lowest BCUT2D eigenvalue weighted by molar-refractivity contribution is 0.293. The van der Waals surface area contributed by atoms with Gasteiger partial charge in [-0.25, -0.2) is 13.4 Å². The van der Waals surface area contributed by atoms with Crippen molar-refractivity contribution in [1.29, 1.82) is 0 Å². The van der Waals surface area contributed by atoms with E-state index in [1.54, 1.807) is 11.2 Å². The number of nitrogens with two attached hydrogens (primary N) is 1. The van der Waals surface area contributed by atoms with Crippen LogP contribution in [-0.2, 0) is 10.0 Å². The van der Waals surface area contributed by atoms with Crippen LogP contribution < -0.4 is 5.73 Å². The number of sulfonamides is 1. The second-order valence-corrected chi connectivity index (χ2v) is 8.95. The van der Waals surface area contributed by atoms with Crippen LogP contribution in [0, 0.1) is 12.8 Å². The Labute approximate surface area is 125 Å². The third-order valence-corrected chi connectivity index (χ3v) is 7.08. The second kappa shape index (κ2) is 5.99. The highest BCUT2D eigenvalue weighted by Crippen LogP contribution is 2.33. The summed E-state index contributed by atoms with van der Waals surface area (Å²) in [5.74, 6) is 0.302. The van der Waals surface area contributed by atoms with Crippen molar-refractivity contribution in [2.45, 2.75) is 56.7 Å². The Morgan fingerprint density at radius 2 is 2.00 bits per heavy atom. The maximum Gasteiger partial charge on any atom is 0.254 e. The Kier molecular flexibility index (Phi) is 4.71. The molecule has 114 valence electrons. The van der Waals surface area contributed by atoms with E-state index in [0.29, 0.717) is 27.5 Å². The van der Waals surface area contributed by atoms with E-state index < -0.39 is 10.0 Å². The molecule has 0 spiro atoms. The van der Waals surface area contributed by atoms with Gasteiger partial charge in [-0.05, 0) is 25.7 Å². The average Bonchev–Trinajstić information content (AvgIpc) is 2.95. The van der Waals surface area contributed by atoms with Gasteiger partial charge in [0.1, 0.15) is 0 Å². The highest BCUT2D eigenvalue weighted by atomic mass is 32.2. The van der Waals surface area contributed by atoms with Crippen LogP contribution in [0.3, 0.4) is 0 Å². The van der Waals surface area contributed by atoms with Gasteiger partial charge in [0.15, 0.2) is 9.34 Å². The molecule has 20 heavy (non-hydrogen) atoms. The molecule has 1 aliphatic carbocycles. The van der Waals surface area contributed by atoms with Crippen molar-refractivity contribution in [1.82, 2.24) is 9.29 Å². The Hall–Kier alpha value is -0.660. The second-order valence-electron chi connectivity index (χ2n) is 5.83. The van der Waals surface area contributed by atoms with Gasteiger partial charge in [-0.3, -0.25) is 0 Å². The van der Waals surface area contributed by atoms with Gasteiger partial charge < -0.3 is 5.73 Å². The van der Waals surface area contributed by atoms with E-state index >= 15 is 0 Å². The van der Waals surface area contributed by atoms with Gasteiger partial charge in [-0.15, -0.1) is 0 Å². The standard InChI is InChI=1S/C13H23N3O2S2/c1-9(2)8-16(11-6-4-5-7-11)20(17,18)12-10(3)15-13(14)19-12/h9,11H,4-8H2,1-3H3,(H2,14,15). The molecule has 1 aromatic heterocycles. The molecule has 0 aromatic carbocycles. The van der Waals surface area contributed by atoms with E-state index in [9.17, 15) is 8.42 Å². The maximum atomic E-state index is 12.9. The lowest BCUT2D eigenvalue weighted by Gasteiger charge is -2.29. The number of nitrogen functional groups attached to an aromatic ring is 1. The van der Waals surface area contributed by atoms with Crippen LogP contribution in [0.1, 0.15) is 45.2 Å². The highest BCUT2D eigenvalue weighted by Gasteiger charge is 2.35. The lowest BCUT2D eigenvalue weighted by atomic mass is 10.2. The van der Waals surface area contributed by atoms with Crippen LogP contribution in [0.5, 0.6) is 0 Å². The molecular weight excluding hydrogens is 294 g/mol. The fraction of sp³-hybridized carbons (Fsp3) is 0.769. The summed E-state index contributed by atoms with van der Waals surface area (Å²) in [4.78, 5) is 4.06. The third-order valence-electron chi connectivity index (χ3n) is 3.59. The van der Waals surface area contributed by atoms with Crippen LogP contribution in [0.25, 0.3) is 0 Å². The smallest absolute Gasteiger partial charge is 0.254 e. The summed E-state index contributed by atoms with van der Waals surface area (Å²) >= 11 is 1.07. The number of aryl methyl sites for hydroxylation is 1. The van der Waals surface area contributed by atoms with Crippen molar-refractivity contribution in [2.75, 3.05) is 12.3 Å². The largest absolute Gasteiger partial charge is 0.375 e. The Morgan fingerprint density at radius 1 is 1.40 bits per heavy atom. The fourth-order valence-electron chi connectivity index (χ4n) is 2.74. The number of rotatable bonds is 5. The molecule has 0 amide bonds. The first kappa shape index (κ1) is 15.7. The first-order valence-electron chi connectivity index (χ1n) is 7.07. The molecule has 1 saturated carbocycles. The van der Waals surface area contributed by atoms with E-state index in [4.69, 9.17) is 5.73 Å². The van der Waals surface area contributed by atoms with Gasteiger partial charge >= 0.3 is 0 Å². The zero-order valence-electron chi connectivity index (χ0n) is 12.3. The van der Waals surface area contributed by atoms with Crippen molar-refractivity contribution in [3.8, 4) is 0 Å². The molecule has 1 aromatic rings. The number of hydrogen-bond donors (Lipinski definition) is 1. The molecule has 1 heterocycles. The number of hydrogen-bond acceptors (Lipinski definition) is 5. The summed E-state index contributed by atoms with van der Waals surface area (Å²) in [6.07, 6.45) is 4.13. The first-order chi connectivity index (χ1) is 9.32.